The molecule has 8 heteroatoms. The molecule has 0 bridgehead atoms. The summed E-state index contributed by atoms with van der Waals surface area (Å²) in [6, 6.07) is 13.0. The van der Waals surface area contributed by atoms with Crippen LogP contribution >= 0.6 is 0 Å². The van der Waals surface area contributed by atoms with Gasteiger partial charge in [0.2, 0.25) is 0 Å². The monoisotopic (exact) mass is 448 g/mol. The lowest BCUT2D eigenvalue weighted by Crippen LogP contribution is -2.49. The van der Waals surface area contributed by atoms with Gasteiger partial charge in [-0.05, 0) is 35.9 Å². The molecule has 166 valence electrons. The summed E-state index contributed by atoms with van der Waals surface area (Å²) in [5.74, 6) is -1.66. The third-order valence-electron chi connectivity index (χ3n) is 5.81. The Labute approximate surface area is 188 Å². The van der Waals surface area contributed by atoms with E-state index >= 15 is 0 Å². The van der Waals surface area contributed by atoms with Gasteiger partial charge in [0, 0.05) is 55.6 Å². The number of fused-ring (bicyclic) bond motifs is 1. The summed E-state index contributed by atoms with van der Waals surface area (Å²) in [6.07, 6.45) is 3.44. The largest absolute Gasteiger partial charge is 0.351 e. The molecule has 3 heterocycles. The Morgan fingerprint density at radius 3 is 2.30 bits per heavy atom. The molecular formula is C25H19F3N4O. The minimum absolute atomic E-state index is 0.140. The maximum atomic E-state index is 14.0. The third-order valence-corrected chi connectivity index (χ3v) is 5.81. The maximum Gasteiger partial charge on any atom is 0.256 e. The standard InChI is InChI=1S/C25H19F3N4O/c26-17-5-3-16(4-6-17)21-15-30-24(23-19(21)2-1-9-29-23)31-10-12-32(13-11-31)25(33)20-8-7-18(27)14-22(20)28/h1-9,14-15H,10-13H2. The molecule has 0 spiro atoms. The first-order valence-corrected chi connectivity index (χ1v) is 10.5. The van der Waals surface area contributed by atoms with Crippen molar-refractivity contribution in [3.8, 4) is 11.1 Å². The molecule has 1 amide bonds. The number of halogens is 3. The van der Waals surface area contributed by atoms with Gasteiger partial charge in [-0.15, -0.1) is 0 Å². The van der Waals surface area contributed by atoms with E-state index in [1.54, 1.807) is 29.4 Å². The van der Waals surface area contributed by atoms with Gasteiger partial charge in [0.25, 0.3) is 5.91 Å². The van der Waals surface area contributed by atoms with Crippen LogP contribution in [-0.4, -0.2) is 47.0 Å². The molecule has 2 aromatic carbocycles. The van der Waals surface area contributed by atoms with E-state index in [1.807, 2.05) is 17.0 Å². The van der Waals surface area contributed by atoms with Crippen LogP contribution in [0.4, 0.5) is 19.0 Å². The van der Waals surface area contributed by atoms with Crippen molar-refractivity contribution in [1.29, 1.82) is 0 Å². The van der Waals surface area contributed by atoms with E-state index in [1.165, 1.54) is 18.2 Å². The van der Waals surface area contributed by atoms with Gasteiger partial charge in [-0.25, -0.2) is 18.2 Å². The summed E-state index contributed by atoms with van der Waals surface area (Å²) in [5.41, 5.74) is 2.26. The molecule has 1 saturated heterocycles. The van der Waals surface area contributed by atoms with Gasteiger partial charge in [0.05, 0.1) is 5.56 Å². The number of amides is 1. The van der Waals surface area contributed by atoms with Crippen LogP contribution in [0, 0.1) is 17.5 Å². The van der Waals surface area contributed by atoms with Gasteiger partial charge >= 0.3 is 0 Å². The number of pyridine rings is 2. The molecule has 5 nitrogen and oxygen atoms in total. The Kier molecular flexibility index (Phi) is 5.42. The lowest BCUT2D eigenvalue weighted by molar-refractivity contribution is 0.0742. The number of carbonyl (C=O) groups is 1. The molecule has 33 heavy (non-hydrogen) atoms. The molecule has 1 fully saturated rings. The summed E-state index contributed by atoms with van der Waals surface area (Å²) < 4.78 is 40.6. The molecule has 0 radical (unpaired) electrons. The summed E-state index contributed by atoms with van der Waals surface area (Å²) in [4.78, 5) is 25.5. The third kappa shape index (κ3) is 4.00. The second-order valence-corrected chi connectivity index (χ2v) is 7.81. The quantitative estimate of drug-likeness (QED) is 0.457. The molecule has 0 N–H and O–H groups in total. The van der Waals surface area contributed by atoms with E-state index in [4.69, 9.17) is 0 Å². The molecule has 0 saturated carbocycles. The van der Waals surface area contributed by atoms with Gasteiger partial charge in [0.15, 0.2) is 5.82 Å². The van der Waals surface area contributed by atoms with Crippen molar-refractivity contribution >= 4 is 22.6 Å². The molecule has 1 aliphatic heterocycles. The highest BCUT2D eigenvalue weighted by atomic mass is 19.1. The van der Waals surface area contributed by atoms with E-state index in [0.717, 1.165) is 22.6 Å². The lowest BCUT2D eigenvalue weighted by Gasteiger charge is -2.35. The summed E-state index contributed by atoms with van der Waals surface area (Å²) in [5, 5.41) is 0.890. The minimum atomic E-state index is -0.865. The van der Waals surface area contributed by atoms with Crippen LogP contribution in [0.5, 0.6) is 0 Å². The van der Waals surface area contributed by atoms with Crippen LogP contribution in [0.2, 0.25) is 0 Å². The van der Waals surface area contributed by atoms with Crippen LogP contribution in [0.25, 0.3) is 22.0 Å². The number of carbonyl (C=O) groups excluding carboxylic acids is 1. The zero-order chi connectivity index (χ0) is 22.9. The van der Waals surface area contributed by atoms with Crippen molar-refractivity contribution in [2.45, 2.75) is 0 Å². The van der Waals surface area contributed by atoms with Gasteiger partial charge in [-0.1, -0.05) is 18.2 Å². The second kappa shape index (κ2) is 8.54. The average molecular weight is 448 g/mol. The van der Waals surface area contributed by atoms with Crippen LogP contribution in [0.3, 0.4) is 0 Å². The molecule has 2 aromatic heterocycles. The second-order valence-electron chi connectivity index (χ2n) is 7.81. The van der Waals surface area contributed by atoms with Crippen molar-refractivity contribution in [3.63, 3.8) is 0 Å². The van der Waals surface area contributed by atoms with E-state index in [9.17, 15) is 18.0 Å². The number of nitrogens with zero attached hydrogens (tertiary/aromatic N) is 4. The summed E-state index contributed by atoms with van der Waals surface area (Å²) >= 11 is 0. The molecular weight excluding hydrogens is 429 g/mol. The molecule has 0 unspecified atom stereocenters. The first-order chi connectivity index (χ1) is 16.0. The SMILES string of the molecule is O=C(c1ccc(F)cc1F)N1CCN(c2ncc(-c3ccc(F)cc3)c3cccnc23)CC1. The van der Waals surface area contributed by atoms with Crippen LogP contribution in [0.15, 0.2) is 67.0 Å². The summed E-state index contributed by atoms with van der Waals surface area (Å²) in [6.45, 7) is 1.71. The van der Waals surface area contributed by atoms with E-state index in [0.29, 0.717) is 43.6 Å². The van der Waals surface area contributed by atoms with Gasteiger partial charge in [-0.3, -0.25) is 9.78 Å². The van der Waals surface area contributed by atoms with E-state index in [-0.39, 0.29) is 11.4 Å². The molecule has 5 rings (SSSR count). The molecule has 4 aromatic rings. The average Bonchev–Trinajstić information content (AvgIpc) is 2.84. The predicted molar refractivity (Wildman–Crippen MR) is 119 cm³/mol. The number of aromatic nitrogens is 2. The van der Waals surface area contributed by atoms with Crippen molar-refractivity contribution in [3.05, 3.63) is 90.0 Å². The number of benzene rings is 2. The van der Waals surface area contributed by atoms with Crippen molar-refractivity contribution < 1.29 is 18.0 Å². The topological polar surface area (TPSA) is 49.3 Å². The smallest absolute Gasteiger partial charge is 0.256 e. The highest BCUT2D eigenvalue weighted by Gasteiger charge is 2.26. The van der Waals surface area contributed by atoms with Gasteiger partial charge < -0.3 is 9.80 Å². The Hall–Kier alpha value is -3.94. The van der Waals surface area contributed by atoms with Crippen LogP contribution in [0.1, 0.15) is 10.4 Å². The van der Waals surface area contributed by atoms with Crippen molar-refractivity contribution in [2.24, 2.45) is 0 Å². The fourth-order valence-corrected chi connectivity index (χ4v) is 4.10. The molecule has 0 aliphatic carbocycles. The Morgan fingerprint density at radius 2 is 1.58 bits per heavy atom. The van der Waals surface area contributed by atoms with Crippen LogP contribution < -0.4 is 4.90 Å². The Bertz CT molecular complexity index is 1340. The number of rotatable bonds is 3. The number of hydrogen-bond acceptors (Lipinski definition) is 4. The highest BCUT2D eigenvalue weighted by molar-refractivity contribution is 5.99. The minimum Gasteiger partial charge on any atom is -0.351 e. The fourth-order valence-electron chi connectivity index (χ4n) is 4.10. The lowest BCUT2D eigenvalue weighted by atomic mass is 10.0. The Morgan fingerprint density at radius 1 is 0.848 bits per heavy atom. The molecule has 1 aliphatic rings. The van der Waals surface area contributed by atoms with Gasteiger partial charge in [-0.2, -0.15) is 0 Å². The van der Waals surface area contributed by atoms with Crippen LogP contribution in [-0.2, 0) is 0 Å². The maximum absolute atomic E-state index is 14.0. The van der Waals surface area contributed by atoms with E-state index in [2.05, 4.69) is 9.97 Å². The highest BCUT2D eigenvalue weighted by Crippen LogP contribution is 2.32. The normalized spacial score (nSPS) is 14.0. The zero-order valence-electron chi connectivity index (χ0n) is 17.5. The first kappa shape index (κ1) is 20.9. The predicted octanol–water partition coefficient (Wildman–Crippen LogP) is 4.68. The van der Waals surface area contributed by atoms with Gasteiger partial charge in [0.1, 0.15) is 23.0 Å². The van der Waals surface area contributed by atoms with Crippen molar-refractivity contribution in [1.82, 2.24) is 14.9 Å². The number of anilines is 1. The summed E-state index contributed by atoms with van der Waals surface area (Å²) in [7, 11) is 0. The number of piperazine rings is 1. The van der Waals surface area contributed by atoms with E-state index < -0.39 is 17.5 Å². The Balaban J connectivity index is 1.39. The molecule has 0 atom stereocenters. The number of hydrogen-bond donors (Lipinski definition) is 0. The van der Waals surface area contributed by atoms with Crippen molar-refractivity contribution in [2.75, 3.05) is 31.1 Å². The first-order valence-electron chi connectivity index (χ1n) is 10.5. The zero-order valence-corrected chi connectivity index (χ0v) is 17.5. The fraction of sp³-hybridized carbons (Fsp3) is 0.160.